The number of hydrogen-bond acceptors (Lipinski definition) is 3. The molecule has 4 nitrogen and oxygen atoms in total. The standard InChI is InChI=1S/C14H20F3NO3S/c1-9(2)11-7-6-10(8-12(11)21-14(15,16)17)22(19,20)18-13(3,4)5/h6-9,18H,1-5H3. The summed E-state index contributed by atoms with van der Waals surface area (Å²) in [6, 6.07) is 3.51. The van der Waals surface area contributed by atoms with Crippen molar-refractivity contribution in [3.8, 4) is 5.75 Å². The lowest BCUT2D eigenvalue weighted by Crippen LogP contribution is -2.40. The van der Waals surface area contributed by atoms with Crippen molar-refractivity contribution < 1.29 is 26.3 Å². The van der Waals surface area contributed by atoms with Crippen LogP contribution in [-0.4, -0.2) is 20.3 Å². The van der Waals surface area contributed by atoms with Gasteiger partial charge in [0, 0.05) is 11.6 Å². The topological polar surface area (TPSA) is 55.4 Å². The highest BCUT2D eigenvalue weighted by molar-refractivity contribution is 7.89. The fourth-order valence-corrected chi connectivity index (χ4v) is 3.27. The first-order chi connectivity index (χ1) is 9.71. The van der Waals surface area contributed by atoms with Crippen molar-refractivity contribution in [2.45, 2.75) is 57.3 Å². The van der Waals surface area contributed by atoms with Gasteiger partial charge in [0.05, 0.1) is 4.90 Å². The van der Waals surface area contributed by atoms with Gasteiger partial charge in [-0.05, 0) is 38.3 Å². The fourth-order valence-electron chi connectivity index (χ4n) is 1.83. The van der Waals surface area contributed by atoms with Gasteiger partial charge >= 0.3 is 6.36 Å². The molecule has 22 heavy (non-hydrogen) atoms. The Balaban J connectivity index is 3.33. The van der Waals surface area contributed by atoms with Crippen molar-refractivity contribution in [3.05, 3.63) is 23.8 Å². The number of ether oxygens (including phenoxy) is 1. The molecule has 0 aliphatic rings. The van der Waals surface area contributed by atoms with Crippen molar-refractivity contribution >= 4 is 10.0 Å². The second-order valence-corrected chi connectivity index (χ2v) is 7.94. The zero-order valence-corrected chi connectivity index (χ0v) is 13.9. The summed E-state index contributed by atoms with van der Waals surface area (Å²) in [5, 5.41) is 0. The smallest absolute Gasteiger partial charge is 0.405 e. The van der Waals surface area contributed by atoms with E-state index in [-0.39, 0.29) is 16.4 Å². The molecular formula is C14H20F3NO3S. The molecule has 0 spiro atoms. The van der Waals surface area contributed by atoms with Crippen molar-refractivity contribution in [1.82, 2.24) is 4.72 Å². The van der Waals surface area contributed by atoms with Crippen LogP contribution in [0.4, 0.5) is 13.2 Å². The molecule has 1 aromatic rings. The van der Waals surface area contributed by atoms with Crippen LogP contribution in [0.2, 0.25) is 0 Å². The van der Waals surface area contributed by atoms with Crippen LogP contribution >= 0.6 is 0 Å². The van der Waals surface area contributed by atoms with Crippen LogP contribution in [0.15, 0.2) is 23.1 Å². The number of nitrogens with one attached hydrogen (secondary N) is 1. The van der Waals surface area contributed by atoms with E-state index >= 15 is 0 Å². The summed E-state index contributed by atoms with van der Waals surface area (Å²) in [6.45, 7) is 8.31. The summed E-state index contributed by atoms with van der Waals surface area (Å²) in [5.41, 5.74) is -0.465. The van der Waals surface area contributed by atoms with E-state index in [2.05, 4.69) is 9.46 Å². The summed E-state index contributed by atoms with van der Waals surface area (Å²) < 4.78 is 68.2. The highest BCUT2D eigenvalue weighted by Crippen LogP contribution is 2.33. The first-order valence-corrected chi connectivity index (χ1v) is 8.13. The average Bonchev–Trinajstić information content (AvgIpc) is 2.22. The van der Waals surface area contributed by atoms with E-state index < -0.39 is 27.7 Å². The van der Waals surface area contributed by atoms with Gasteiger partial charge in [0.15, 0.2) is 0 Å². The number of rotatable bonds is 4. The zero-order valence-electron chi connectivity index (χ0n) is 13.1. The van der Waals surface area contributed by atoms with E-state index in [0.29, 0.717) is 0 Å². The van der Waals surface area contributed by atoms with E-state index in [1.807, 2.05) is 0 Å². The molecule has 126 valence electrons. The lowest BCUT2D eigenvalue weighted by Gasteiger charge is -2.21. The van der Waals surface area contributed by atoms with Gasteiger partial charge in [-0.3, -0.25) is 0 Å². The van der Waals surface area contributed by atoms with Gasteiger partial charge in [0.2, 0.25) is 10.0 Å². The molecule has 1 rings (SSSR count). The molecular weight excluding hydrogens is 319 g/mol. The van der Waals surface area contributed by atoms with E-state index in [1.54, 1.807) is 34.6 Å². The number of halogens is 3. The second kappa shape index (κ2) is 6.08. The maximum absolute atomic E-state index is 12.5. The molecule has 0 bridgehead atoms. The van der Waals surface area contributed by atoms with Crippen molar-refractivity contribution in [1.29, 1.82) is 0 Å². The molecule has 1 aromatic carbocycles. The maximum Gasteiger partial charge on any atom is 0.573 e. The molecule has 0 atom stereocenters. The Morgan fingerprint density at radius 2 is 1.68 bits per heavy atom. The van der Waals surface area contributed by atoms with Crippen LogP contribution in [0, 0.1) is 0 Å². The number of alkyl halides is 3. The van der Waals surface area contributed by atoms with E-state index in [9.17, 15) is 21.6 Å². The summed E-state index contributed by atoms with van der Waals surface area (Å²) in [7, 11) is -3.94. The highest BCUT2D eigenvalue weighted by atomic mass is 32.2. The normalized spacial score (nSPS) is 13.5. The quantitative estimate of drug-likeness (QED) is 0.908. The molecule has 0 fully saturated rings. The third kappa shape index (κ3) is 5.49. The molecule has 0 aliphatic carbocycles. The minimum absolute atomic E-state index is 0.246. The molecule has 0 aromatic heterocycles. The fraction of sp³-hybridized carbons (Fsp3) is 0.571. The summed E-state index contributed by atoms with van der Waals surface area (Å²) in [6.07, 6.45) is -4.89. The number of sulfonamides is 1. The third-order valence-corrected chi connectivity index (χ3v) is 4.34. The number of hydrogen-bond donors (Lipinski definition) is 1. The van der Waals surface area contributed by atoms with Crippen LogP contribution in [0.25, 0.3) is 0 Å². The summed E-state index contributed by atoms with van der Waals surface area (Å²) >= 11 is 0. The summed E-state index contributed by atoms with van der Waals surface area (Å²) in [5.74, 6) is -0.746. The maximum atomic E-state index is 12.5. The molecule has 0 heterocycles. The monoisotopic (exact) mass is 339 g/mol. The SMILES string of the molecule is CC(C)c1ccc(S(=O)(=O)NC(C)(C)C)cc1OC(F)(F)F. The van der Waals surface area contributed by atoms with Crippen LogP contribution in [0.1, 0.15) is 46.1 Å². The lowest BCUT2D eigenvalue weighted by molar-refractivity contribution is -0.275. The average molecular weight is 339 g/mol. The van der Waals surface area contributed by atoms with Gasteiger partial charge in [-0.15, -0.1) is 13.2 Å². The molecule has 0 saturated carbocycles. The van der Waals surface area contributed by atoms with Gasteiger partial charge in [-0.1, -0.05) is 19.9 Å². The van der Waals surface area contributed by atoms with Gasteiger partial charge in [0.25, 0.3) is 0 Å². The first-order valence-electron chi connectivity index (χ1n) is 6.65. The van der Waals surface area contributed by atoms with Crippen LogP contribution in [0.5, 0.6) is 5.75 Å². The Kier molecular flexibility index (Phi) is 5.18. The molecule has 0 aliphatic heterocycles. The molecule has 0 amide bonds. The zero-order chi connectivity index (χ0) is 17.3. The first kappa shape index (κ1) is 18.8. The van der Waals surface area contributed by atoms with Crippen LogP contribution in [0.3, 0.4) is 0 Å². The predicted octanol–water partition coefficient (Wildman–Crippen LogP) is 3.79. The minimum Gasteiger partial charge on any atom is -0.405 e. The highest BCUT2D eigenvalue weighted by Gasteiger charge is 2.33. The lowest BCUT2D eigenvalue weighted by atomic mass is 10.0. The van der Waals surface area contributed by atoms with E-state index in [4.69, 9.17) is 0 Å². The van der Waals surface area contributed by atoms with Gasteiger partial charge in [-0.25, -0.2) is 13.1 Å². The van der Waals surface area contributed by atoms with Crippen LogP contribution in [-0.2, 0) is 10.0 Å². The number of benzene rings is 1. The Bertz CT molecular complexity index is 632. The Hall–Kier alpha value is -1.28. The molecule has 0 radical (unpaired) electrons. The van der Waals surface area contributed by atoms with E-state index in [1.165, 1.54) is 12.1 Å². The van der Waals surface area contributed by atoms with E-state index in [0.717, 1.165) is 6.07 Å². The predicted molar refractivity (Wildman–Crippen MR) is 77.3 cm³/mol. The van der Waals surface area contributed by atoms with Gasteiger partial charge in [-0.2, -0.15) is 0 Å². The summed E-state index contributed by atoms with van der Waals surface area (Å²) in [4.78, 5) is -0.272. The molecule has 8 heteroatoms. The Morgan fingerprint density at radius 3 is 2.09 bits per heavy atom. The molecule has 0 unspecified atom stereocenters. The largest absolute Gasteiger partial charge is 0.573 e. The van der Waals surface area contributed by atoms with Crippen molar-refractivity contribution in [3.63, 3.8) is 0 Å². The Morgan fingerprint density at radius 1 is 1.14 bits per heavy atom. The van der Waals surface area contributed by atoms with Crippen LogP contribution < -0.4 is 9.46 Å². The third-order valence-electron chi connectivity index (χ3n) is 2.58. The molecule has 1 N–H and O–H groups in total. The van der Waals surface area contributed by atoms with Gasteiger partial charge in [0.1, 0.15) is 5.75 Å². The van der Waals surface area contributed by atoms with Crippen molar-refractivity contribution in [2.24, 2.45) is 0 Å². The minimum atomic E-state index is -4.89. The van der Waals surface area contributed by atoms with Crippen molar-refractivity contribution in [2.75, 3.05) is 0 Å². The molecule has 0 saturated heterocycles. The van der Waals surface area contributed by atoms with Gasteiger partial charge < -0.3 is 4.74 Å². The second-order valence-electron chi connectivity index (χ2n) is 6.26. The Labute approximate surface area is 128 Å².